The van der Waals surface area contributed by atoms with Crippen molar-refractivity contribution >= 4 is 23.2 Å². The zero-order valence-corrected chi connectivity index (χ0v) is 20.4. The Morgan fingerprint density at radius 1 is 0.543 bits per heavy atom. The molecule has 0 amide bonds. The highest BCUT2D eigenvalue weighted by molar-refractivity contribution is 7.96. The predicted octanol–water partition coefficient (Wildman–Crippen LogP) is 6.88. The van der Waals surface area contributed by atoms with E-state index in [4.69, 9.17) is 9.47 Å². The molecular formula is C32H26O2P+. The lowest BCUT2D eigenvalue weighted by Gasteiger charge is -2.38. The first-order valence-corrected chi connectivity index (χ1v) is 13.7. The molecule has 0 aromatic heterocycles. The summed E-state index contributed by atoms with van der Waals surface area (Å²) < 4.78 is 12.2. The van der Waals surface area contributed by atoms with E-state index in [1.54, 1.807) is 7.11 Å². The van der Waals surface area contributed by atoms with E-state index in [0.29, 0.717) is 0 Å². The van der Waals surface area contributed by atoms with E-state index in [1.165, 1.54) is 21.5 Å². The van der Waals surface area contributed by atoms with Crippen molar-refractivity contribution in [3.05, 3.63) is 145 Å². The van der Waals surface area contributed by atoms with Crippen LogP contribution in [0.5, 0.6) is 17.2 Å². The second-order valence-electron chi connectivity index (χ2n) is 8.68. The monoisotopic (exact) mass is 473 g/mol. The van der Waals surface area contributed by atoms with E-state index >= 15 is 0 Å². The zero-order valence-electron chi connectivity index (χ0n) is 19.5. The van der Waals surface area contributed by atoms with Crippen LogP contribution in [0, 0.1) is 0 Å². The van der Waals surface area contributed by atoms with Crippen LogP contribution in [0.25, 0.3) is 0 Å². The average molecular weight is 474 g/mol. The summed E-state index contributed by atoms with van der Waals surface area (Å²) in [7, 11) is -0.535. The molecule has 1 unspecified atom stereocenters. The predicted molar refractivity (Wildman–Crippen MR) is 147 cm³/mol. The molecule has 1 heterocycles. The number of rotatable bonds is 5. The van der Waals surface area contributed by atoms with E-state index in [-0.39, 0.29) is 5.66 Å². The van der Waals surface area contributed by atoms with Crippen molar-refractivity contribution in [2.24, 2.45) is 0 Å². The van der Waals surface area contributed by atoms with Crippen molar-refractivity contribution in [3.8, 4) is 17.2 Å². The lowest BCUT2D eigenvalue weighted by molar-refractivity contribution is 0.410. The molecule has 5 aromatic carbocycles. The van der Waals surface area contributed by atoms with Crippen LogP contribution < -0.4 is 25.4 Å². The van der Waals surface area contributed by atoms with E-state index in [0.717, 1.165) is 22.8 Å². The number of hydrogen-bond donors (Lipinski definition) is 0. The second-order valence-corrected chi connectivity index (χ2v) is 12.2. The van der Waals surface area contributed by atoms with Crippen LogP contribution in [-0.4, -0.2) is 7.11 Å². The number of ether oxygens (including phenoxy) is 2. The largest absolute Gasteiger partial charge is 0.497 e. The molecule has 5 aromatic rings. The summed E-state index contributed by atoms with van der Waals surface area (Å²) in [6.45, 7) is 0. The van der Waals surface area contributed by atoms with Crippen LogP contribution >= 0.6 is 7.26 Å². The van der Waals surface area contributed by atoms with Gasteiger partial charge in [-0.2, -0.15) is 0 Å². The molecule has 1 aliphatic heterocycles. The fourth-order valence-corrected chi connectivity index (χ4v) is 10.3. The molecule has 6 rings (SSSR count). The van der Waals surface area contributed by atoms with Crippen LogP contribution in [0.4, 0.5) is 0 Å². The van der Waals surface area contributed by atoms with Crippen LogP contribution in [0.3, 0.4) is 0 Å². The molecule has 170 valence electrons. The molecule has 0 radical (unpaired) electrons. The lowest BCUT2D eigenvalue weighted by atomic mass is 9.99. The third-order valence-electron chi connectivity index (χ3n) is 6.82. The molecule has 0 bridgehead atoms. The van der Waals surface area contributed by atoms with Gasteiger partial charge in [-0.25, -0.2) is 0 Å². The molecule has 0 saturated heterocycles. The molecule has 2 nitrogen and oxygen atoms in total. The number of methoxy groups -OCH3 is 1. The minimum Gasteiger partial charge on any atom is -0.497 e. The van der Waals surface area contributed by atoms with Crippen LogP contribution in [0.2, 0.25) is 0 Å². The minimum absolute atomic E-state index is 0.0600. The van der Waals surface area contributed by atoms with Gasteiger partial charge < -0.3 is 9.47 Å². The molecule has 1 atom stereocenters. The quantitative estimate of drug-likeness (QED) is 0.259. The Morgan fingerprint density at radius 3 is 1.57 bits per heavy atom. The van der Waals surface area contributed by atoms with Crippen LogP contribution in [0.1, 0.15) is 16.8 Å². The van der Waals surface area contributed by atoms with E-state index in [9.17, 15) is 0 Å². The Labute approximate surface area is 207 Å². The molecule has 3 heteroatoms. The van der Waals surface area contributed by atoms with Gasteiger partial charge in [-0.1, -0.05) is 72.8 Å². The van der Waals surface area contributed by atoms with Gasteiger partial charge in [0, 0.05) is 11.1 Å². The first kappa shape index (κ1) is 21.6. The Hall–Kier alpha value is -3.87. The summed E-state index contributed by atoms with van der Waals surface area (Å²) in [6.07, 6.45) is 0. The molecule has 1 aliphatic rings. The van der Waals surface area contributed by atoms with Gasteiger partial charge in [-0.3, -0.25) is 0 Å². The summed E-state index contributed by atoms with van der Waals surface area (Å²) in [4.78, 5) is 0. The summed E-state index contributed by atoms with van der Waals surface area (Å²) in [5.41, 5.74) is 2.43. The van der Waals surface area contributed by atoms with Crippen molar-refractivity contribution in [2.45, 2.75) is 5.66 Å². The standard InChI is InChI=1S/C32H26O2P/c1-33-24-21-22-31-29(23-24)32(28-19-11-12-20-30(28)34-31)35(25-13-5-2-6-14-25,26-15-7-3-8-16-26)27-17-9-4-10-18-27/h2-23,32H,1H3/q+1. The molecule has 0 fully saturated rings. The first-order chi connectivity index (χ1) is 17.3. The first-order valence-electron chi connectivity index (χ1n) is 11.8. The summed E-state index contributed by atoms with van der Waals surface area (Å²) in [5.74, 6) is 2.65. The fourth-order valence-electron chi connectivity index (χ4n) is 5.35. The van der Waals surface area contributed by atoms with Gasteiger partial charge in [0.05, 0.1) is 7.11 Å². The average Bonchev–Trinajstić information content (AvgIpc) is 2.94. The van der Waals surface area contributed by atoms with Crippen LogP contribution in [0.15, 0.2) is 133 Å². The highest BCUT2D eigenvalue weighted by atomic mass is 31.2. The van der Waals surface area contributed by atoms with E-state index in [1.807, 2.05) is 12.1 Å². The van der Waals surface area contributed by atoms with Crippen molar-refractivity contribution in [2.75, 3.05) is 7.11 Å². The molecule has 0 N–H and O–H groups in total. The highest BCUT2D eigenvalue weighted by Gasteiger charge is 2.56. The highest BCUT2D eigenvalue weighted by Crippen LogP contribution is 2.72. The SMILES string of the molecule is COc1ccc2c(c1)C([P+](c1ccccc1)(c1ccccc1)c1ccccc1)c1ccccc1O2. The molecular weight excluding hydrogens is 447 g/mol. The molecule has 0 aliphatic carbocycles. The van der Waals surface area contributed by atoms with Gasteiger partial charge in [-0.05, 0) is 60.7 Å². The summed E-state index contributed by atoms with van der Waals surface area (Å²) in [6, 6.07) is 47.7. The maximum absolute atomic E-state index is 6.47. The number of para-hydroxylation sites is 1. The normalized spacial score (nSPS) is 14.4. The Balaban J connectivity index is 1.79. The number of benzene rings is 5. The van der Waals surface area contributed by atoms with Crippen molar-refractivity contribution in [1.29, 1.82) is 0 Å². The van der Waals surface area contributed by atoms with Gasteiger partial charge in [0.15, 0.2) is 0 Å². The van der Waals surface area contributed by atoms with Gasteiger partial charge in [0.1, 0.15) is 46.1 Å². The van der Waals surface area contributed by atoms with Crippen molar-refractivity contribution in [3.63, 3.8) is 0 Å². The summed E-state index contributed by atoms with van der Waals surface area (Å²) >= 11 is 0. The maximum Gasteiger partial charge on any atom is 0.141 e. The molecule has 0 spiro atoms. The van der Waals surface area contributed by atoms with Crippen molar-refractivity contribution < 1.29 is 9.47 Å². The van der Waals surface area contributed by atoms with Crippen LogP contribution in [-0.2, 0) is 0 Å². The van der Waals surface area contributed by atoms with Gasteiger partial charge in [0.2, 0.25) is 0 Å². The number of hydrogen-bond acceptors (Lipinski definition) is 2. The minimum atomic E-state index is -2.26. The van der Waals surface area contributed by atoms with Gasteiger partial charge >= 0.3 is 0 Å². The zero-order chi connectivity index (χ0) is 23.7. The lowest BCUT2D eigenvalue weighted by Crippen LogP contribution is -2.36. The van der Waals surface area contributed by atoms with E-state index in [2.05, 4.69) is 121 Å². The van der Waals surface area contributed by atoms with Gasteiger partial charge in [-0.15, -0.1) is 0 Å². The van der Waals surface area contributed by atoms with E-state index < -0.39 is 7.26 Å². The number of fused-ring (bicyclic) bond motifs is 2. The third-order valence-corrected chi connectivity index (χ3v) is 11.5. The fraction of sp³-hybridized carbons (Fsp3) is 0.0625. The third kappa shape index (κ3) is 3.53. The second kappa shape index (κ2) is 9.06. The smallest absolute Gasteiger partial charge is 0.141 e. The Kier molecular flexibility index (Phi) is 5.60. The topological polar surface area (TPSA) is 18.5 Å². The molecule has 0 saturated carbocycles. The maximum atomic E-state index is 6.47. The van der Waals surface area contributed by atoms with Gasteiger partial charge in [0.25, 0.3) is 0 Å². The molecule has 35 heavy (non-hydrogen) atoms. The summed E-state index contributed by atoms with van der Waals surface area (Å²) in [5, 5.41) is 4.02. The Morgan fingerprint density at radius 2 is 1.03 bits per heavy atom. The van der Waals surface area contributed by atoms with Crippen molar-refractivity contribution in [1.82, 2.24) is 0 Å². The Bertz CT molecular complexity index is 1350.